The number of hydrogen-bond acceptors (Lipinski definition) is 5. The molecule has 1 fully saturated rings. The van der Waals surface area contributed by atoms with Gasteiger partial charge < -0.3 is 14.6 Å². The molecule has 26 heavy (non-hydrogen) atoms. The van der Waals surface area contributed by atoms with Crippen LogP contribution in [0.1, 0.15) is 40.3 Å². The Balaban J connectivity index is 1.77. The molecule has 2 aromatic rings. The van der Waals surface area contributed by atoms with E-state index in [-0.39, 0.29) is 17.8 Å². The lowest BCUT2D eigenvalue weighted by Crippen LogP contribution is -2.44. The number of carbonyl (C=O) groups excluding carboxylic acids is 1. The van der Waals surface area contributed by atoms with Gasteiger partial charge in [-0.15, -0.1) is 0 Å². The van der Waals surface area contributed by atoms with Crippen molar-refractivity contribution in [1.82, 2.24) is 15.4 Å². The second-order valence-corrected chi connectivity index (χ2v) is 6.34. The molecule has 1 aliphatic rings. The molecule has 1 N–H and O–H groups in total. The van der Waals surface area contributed by atoms with Crippen LogP contribution in [0.3, 0.4) is 0 Å². The van der Waals surface area contributed by atoms with Gasteiger partial charge in [-0.25, -0.2) is 4.39 Å². The second kappa shape index (κ2) is 8.42. The van der Waals surface area contributed by atoms with Crippen LogP contribution in [0.2, 0.25) is 0 Å². The fraction of sp³-hybridized carbons (Fsp3) is 0.474. The molecule has 1 aromatic carbocycles. The molecule has 0 bridgehead atoms. The highest BCUT2D eigenvalue weighted by atomic mass is 19.1. The van der Waals surface area contributed by atoms with Crippen LogP contribution >= 0.6 is 0 Å². The first-order valence-electron chi connectivity index (χ1n) is 8.90. The van der Waals surface area contributed by atoms with E-state index in [1.165, 1.54) is 12.1 Å². The zero-order valence-corrected chi connectivity index (χ0v) is 15.1. The topological polar surface area (TPSA) is 67.6 Å². The minimum absolute atomic E-state index is 0.121. The van der Waals surface area contributed by atoms with Gasteiger partial charge in [0.1, 0.15) is 17.1 Å². The average Bonchev–Trinajstić information content (AvgIpc) is 3.03. The standard InChI is InChI=1S/C19H24FN3O3/c1-3-16-18(13(2)26-22-16)19(24)21-12-17(23-7-9-25-10-8-23)14-5-4-6-15(20)11-14/h4-6,11,17H,3,7-10,12H2,1-2H3,(H,21,24)/t17-/m1/s1. The number of amides is 1. The number of aromatic nitrogens is 1. The van der Waals surface area contributed by atoms with Gasteiger partial charge in [-0.05, 0) is 31.0 Å². The highest BCUT2D eigenvalue weighted by Gasteiger charge is 2.25. The van der Waals surface area contributed by atoms with E-state index in [1.54, 1.807) is 13.0 Å². The molecule has 0 radical (unpaired) electrons. The molecule has 7 heteroatoms. The van der Waals surface area contributed by atoms with Gasteiger partial charge in [0.15, 0.2) is 0 Å². The Morgan fingerprint density at radius 1 is 1.38 bits per heavy atom. The number of benzene rings is 1. The van der Waals surface area contributed by atoms with Crippen LogP contribution in [-0.4, -0.2) is 48.8 Å². The van der Waals surface area contributed by atoms with Crippen molar-refractivity contribution in [2.75, 3.05) is 32.8 Å². The van der Waals surface area contributed by atoms with Crippen molar-refractivity contribution in [1.29, 1.82) is 0 Å². The molecular weight excluding hydrogens is 337 g/mol. The molecule has 0 spiro atoms. The van der Waals surface area contributed by atoms with E-state index in [2.05, 4.69) is 15.4 Å². The molecule has 1 aromatic heterocycles. The number of halogens is 1. The zero-order chi connectivity index (χ0) is 18.5. The molecule has 0 unspecified atom stereocenters. The fourth-order valence-electron chi connectivity index (χ4n) is 3.29. The van der Waals surface area contributed by atoms with Crippen molar-refractivity contribution >= 4 is 5.91 Å². The van der Waals surface area contributed by atoms with E-state index in [4.69, 9.17) is 9.26 Å². The maximum absolute atomic E-state index is 13.7. The molecule has 1 aliphatic heterocycles. The van der Waals surface area contributed by atoms with Crippen LogP contribution in [0, 0.1) is 12.7 Å². The number of carbonyl (C=O) groups is 1. The summed E-state index contributed by atoms with van der Waals surface area (Å²) in [5, 5.41) is 6.90. The van der Waals surface area contributed by atoms with Crippen LogP contribution in [-0.2, 0) is 11.2 Å². The van der Waals surface area contributed by atoms with Crippen LogP contribution < -0.4 is 5.32 Å². The number of nitrogens with zero attached hydrogens (tertiary/aromatic N) is 2. The van der Waals surface area contributed by atoms with Gasteiger partial charge >= 0.3 is 0 Å². The van der Waals surface area contributed by atoms with Crippen LogP contribution in [0.15, 0.2) is 28.8 Å². The van der Waals surface area contributed by atoms with E-state index in [1.807, 2.05) is 13.0 Å². The summed E-state index contributed by atoms with van der Waals surface area (Å²) in [5.74, 6) is 0.0125. The molecule has 0 aliphatic carbocycles. The maximum Gasteiger partial charge on any atom is 0.256 e. The Kier molecular flexibility index (Phi) is 6.00. The van der Waals surface area contributed by atoms with Crippen LogP contribution in [0.5, 0.6) is 0 Å². The van der Waals surface area contributed by atoms with Crippen molar-refractivity contribution in [3.63, 3.8) is 0 Å². The summed E-state index contributed by atoms with van der Waals surface area (Å²) >= 11 is 0. The summed E-state index contributed by atoms with van der Waals surface area (Å²) in [5.41, 5.74) is 1.98. The van der Waals surface area contributed by atoms with Crippen molar-refractivity contribution in [2.24, 2.45) is 0 Å². The largest absolute Gasteiger partial charge is 0.379 e. The summed E-state index contributed by atoms with van der Waals surface area (Å²) in [6.45, 7) is 6.77. The third-order valence-electron chi connectivity index (χ3n) is 4.67. The van der Waals surface area contributed by atoms with Gasteiger partial charge in [-0.1, -0.05) is 24.2 Å². The number of hydrogen-bond donors (Lipinski definition) is 1. The third kappa shape index (κ3) is 4.11. The van der Waals surface area contributed by atoms with Crippen molar-refractivity contribution in [3.05, 3.63) is 52.7 Å². The second-order valence-electron chi connectivity index (χ2n) is 6.34. The van der Waals surface area contributed by atoms with Crippen molar-refractivity contribution < 1.29 is 18.4 Å². The molecule has 140 valence electrons. The molecule has 1 atom stereocenters. The third-order valence-corrected chi connectivity index (χ3v) is 4.67. The molecule has 1 saturated heterocycles. The number of nitrogens with one attached hydrogen (secondary N) is 1. The summed E-state index contributed by atoms with van der Waals surface area (Å²) in [7, 11) is 0. The first-order valence-corrected chi connectivity index (χ1v) is 8.90. The molecule has 6 nitrogen and oxygen atoms in total. The van der Waals surface area contributed by atoms with E-state index >= 15 is 0 Å². The Morgan fingerprint density at radius 2 is 2.15 bits per heavy atom. The van der Waals surface area contributed by atoms with Crippen LogP contribution in [0.25, 0.3) is 0 Å². The smallest absolute Gasteiger partial charge is 0.256 e. The molecule has 0 saturated carbocycles. The van der Waals surface area contributed by atoms with E-state index in [0.29, 0.717) is 43.2 Å². The highest BCUT2D eigenvalue weighted by Crippen LogP contribution is 2.22. The molecule has 2 heterocycles. The number of aryl methyl sites for hydroxylation is 2. The summed E-state index contributed by atoms with van der Waals surface area (Å²) in [6.07, 6.45) is 0.622. The van der Waals surface area contributed by atoms with Gasteiger partial charge in [0.2, 0.25) is 0 Å². The first kappa shape index (κ1) is 18.5. The van der Waals surface area contributed by atoms with E-state index in [0.717, 1.165) is 18.7 Å². The average molecular weight is 361 g/mol. The Morgan fingerprint density at radius 3 is 2.85 bits per heavy atom. The minimum Gasteiger partial charge on any atom is -0.379 e. The van der Waals surface area contributed by atoms with Gasteiger partial charge in [0.05, 0.1) is 24.9 Å². The lowest BCUT2D eigenvalue weighted by molar-refractivity contribution is 0.0161. The van der Waals surface area contributed by atoms with Gasteiger partial charge in [0, 0.05) is 19.6 Å². The van der Waals surface area contributed by atoms with Gasteiger partial charge in [-0.3, -0.25) is 9.69 Å². The fourth-order valence-corrected chi connectivity index (χ4v) is 3.29. The van der Waals surface area contributed by atoms with Crippen molar-refractivity contribution in [2.45, 2.75) is 26.3 Å². The lowest BCUT2D eigenvalue weighted by Gasteiger charge is -2.35. The Hall–Kier alpha value is -2.25. The highest BCUT2D eigenvalue weighted by molar-refractivity contribution is 5.96. The predicted octanol–water partition coefficient (Wildman–Crippen LogP) is 2.49. The zero-order valence-electron chi connectivity index (χ0n) is 15.1. The lowest BCUT2D eigenvalue weighted by atomic mass is 10.0. The normalized spacial score (nSPS) is 16.4. The quantitative estimate of drug-likeness (QED) is 0.856. The summed E-state index contributed by atoms with van der Waals surface area (Å²) in [4.78, 5) is 14.9. The van der Waals surface area contributed by atoms with Crippen molar-refractivity contribution in [3.8, 4) is 0 Å². The number of rotatable bonds is 6. The SMILES string of the molecule is CCc1noc(C)c1C(=O)NC[C@H](c1cccc(F)c1)N1CCOCC1. The summed E-state index contributed by atoms with van der Waals surface area (Å²) < 4.78 is 24.3. The summed E-state index contributed by atoms with van der Waals surface area (Å²) in [6, 6.07) is 6.40. The number of morpholine rings is 1. The van der Waals surface area contributed by atoms with Gasteiger partial charge in [-0.2, -0.15) is 0 Å². The maximum atomic E-state index is 13.7. The Bertz CT molecular complexity index is 756. The number of ether oxygens (including phenoxy) is 1. The first-order chi connectivity index (χ1) is 12.6. The Labute approximate surface area is 152 Å². The van der Waals surface area contributed by atoms with E-state index in [9.17, 15) is 9.18 Å². The van der Waals surface area contributed by atoms with Gasteiger partial charge in [0.25, 0.3) is 5.91 Å². The van der Waals surface area contributed by atoms with Crippen LogP contribution in [0.4, 0.5) is 4.39 Å². The molecule has 3 rings (SSSR count). The monoisotopic (exact) mass is 361 g/mol. The minimum atomic E-state index is -0.282. The molecule has 1 amide bonds. The van der Waals surface area contributed by atoms with E-state index < -0.39 is 0 Å². The predicted molar refractivity (Wildman–Crippen MR) is 94.5 cm³/mol. The molecular formula is C19H24FN3O3.